The molecule has 0 amide bonds. The van der Waals surface area contributed by atoms with Crippen LogP contribution in [0.15, 0.2) is 28.8 Å². The second kappa shape index (κ2) is 3.35. The van der Waals surface area contributed by atoms with Gasteiger partial charge in [-0.25, -0.2) is 0 Å². The lowest BCUT2D eigenvalue weighted by Crippen LogP contribution is -1.80. The molecule has 0 bridgehead atoms. The van der Waals surface area contributed by atoms with Crippen LogP contribution >= 0.6 is 0 Å². The molecule has 0 aliphatic heterocycles. The summed E-state index contributed by atoms with van der Waals surface area (Å²) in [6, 6.07) is 5.58. The van der Waals surface area contributed by atoms with Gasteiger partial charge < -0.3 is 4.42 Å². The Balaban J connectivity index is 2.36. The Morgan fingerprint density at radius 3 is 2.85 bits per heavy atom. The van der Waals surface area contributed by atoms with Crippen LogP contribution in [0.3, 0.4) is 0 Å². The van der Waals surface area contributed by atoms with Crippen LogP contribution in [0.4, 0.5) is 0 Å². The number of nitrogens with zero attached hydrogens (tertiary/aromatic N) is 3. The smallest absolute Gasteiger partial charge is 0.266 e. The third-order valence-electron chi connectivity index (χ3n) is 1.65. The first kappa shape index (κ1) is 7.91. The van der Waals surface area contributed by atoms with E-state index in [9.17, 15) is 0 Å². The molecule has 2 heterocycles. The van der Waals surface area contributed by atoms with Gasteiger partial charge in [-0.1, -0.05) is 13.0 Å². The fourth-order valence-electron chi connectivity index (χ4n) is 0.989. The Hall–Kier alpha value is -1.71. The molecular weight excluding hydrogens is 166 g/mol. The van der Waals surface area contributed by atoms with Crippen molar-refractivity contribution in [1.82, 2.24) is 15.2 Å². The predicted octanol–water partition coefficient (Wildman–Crippen LogP) is 1.69. The van der Waals surface area contributed by atoms with Crippen molar-refractivity contribution in [1.29, 1.82) is 0 Å². The van der Waals surface area contributed by atoms with Gasteiger partial charge in [0.15, 0.2) is 0 Å². The second-order valence-electron chi connectivity index (χ2n) is 2.57. The van der Waals surface area contributed by atoms with E-state index >= 15 is 0 Å². The van der Waals surface area contributed by atoms with E-state index < -0.39 is 0 Å². The molecular formula is C9H9N3O. The summed E-state index contributed by atoms with van der Waals surface area (Å²) in [6.07, 6.45) is 2.45. The van der Waals surface area contributed by atoms with Gasteiger partial charge in [0.05, 0.1) is 0 Å². The summed E-state index contributed by atoms with van der Waals surface area (Å²) in [6.45, 7) is 1.97. The van der Waals surface area contributed by atoms with Crippen LogP contribution < -0.4 is 0 Å². The highest BCUT2D eigenvalue weighted by Crippen LogP contribution is 2.13. The monoisotopic (exact) mass is 175 g/mol. The average Bonchev–Trinajstić information content (AvgIpc) is 2.67. The minimum atomic E-state index is 0.484. The molecule has 0 radical (unpaired) electrons. The summed E-state index contributed by atoms with van der Waals surface area (Å²) < 4.78 is 5.33. The van der Waals surface area contributed by atoms with Crippen molar-refractivity contribution in [3.63, 3.8) is 0 Å². The number of rotatable bonds is 2. The van der Waals surface area contributed by atoms with E-state index in [-0.39, 0.29) is 0 Å². The summed E-state index contributed by atoms with van der Waals surface area (Å²) in [4.78, 5) is 4.10. The van der Waals surface area contributed by atoms with Crippen molar-refractivity contribution in [2.45, 2.75) is 13.3 Å². The maximum atomic E-state index is 5.33. The van der Waals surface area contributed by atoms with Gasteiger partial charge in [-0.15, -0.1) is 10.2 Å². The number of pyridine rings is 1. The quantitative estimate of drug-likeness (QED) is 0.697. The fraction of sp³-hybridized carbons (Fsp3) is 0.222. The molecule has 13 heavy (non-hydrogen) atoms. The van der Waals surface area contributed by atoms with Crippen molar-refractivity contribution in [2.24, 2.45) is 0 Å². The van der Waals surface area contributed by atoms with Crippen LogP contribution in [-0.4, -0.2) is 15.2 Å². The molecule has 0 spiro atoms. The molecule has 0 fully saturated rings. The van der Waals surface area contributed by atoms with E-state index in [0.29, 0.717) is 11.8 Å². The zero-order chi connectivity index (χ0) is 9.10. The van der Waals surface area contributed by atoms with E-state index in [0.717, 1.165) is 12.1 Å². The highest BCUT2D eigenvalue weighted by atomic mass is 16.4. The van der Waals surface area contributed by atoms with Gasteiger partial charge in [0.25, 0.3) is 5.89 Å². The standard InChI is InChI=1S/C9H9N3O/c1-2-8-11-12-9(13-8)7-5-3-4-6-10-7/h3-6H,2H2,1H3. The largest absolute Gasteiger partial charge is 0.419 e. The molecule has 2 aromatic rings. The van der Waals surface area contributed by atoms with Gasteiger partial charge >= 0.3 is 0 Å². The van der Waals surface area contributed by atoms with E-state index in [1.54, 1.807) is 6.20 Å². The fourth-order valence-corrected chi connectivity index (χ4v) is 0.989. The zero-order valence-corrected chi connectivity index (χ0v) is 7.27. The Kier molecular flexibility index (Phi) is 2.04. The van der Waals surface area contributed by atoms with Crippen LogP contribution in [0.25, 0.3) is 11.6 Å². The summed E-state index contributed by atoms with van der Waals surface area (Å²) in [5.74, 6) is 1.12. The van der Waals surface area contributed by atoms with E-state index in [4.69, 9.17) is 4.42 Å². The van der Waals surface area contributed by atoms with Gasteiger partial charge in [-0.05, 0) is 12.1 Å². The van der Waals surface area contributed by atoms with Crippen molar-refractivity contribution in [3.05, 3.63) is 30.3 Å². The van der Waals surface area contributed by atoms with Crippen molar-refractivity contribution in [2.75, 3.05) is 0 Å². The highest BCUT2D eigenvalue weighted by Gasteiger charge is 2.06. The minimum Gasteiger partial charge on any atom is -0.419 e. The number of aryl methyl sites for hydroxylation is 1. The first-order valence-electron chi connectivity index (χ1n) is 4.14. The first-order chi connectivity index (χ1) is 6.40. The van der Waals surface area contributed by atoms with Gasteiger partial charge in [0.1, 0.15) is 5.69 Å². The van der Waals surface area contributed by atoms with E-state index in [1.807, 2.05) is 25.1 Å². The molecule has 66 valence electrons. The van der Waals surface area contributed by atoms with Gasteiger partial charge in [0.2, 0.25) is 5.89 Å². The molecule has 0 unspecified atom stereocenters. The lowest BCUT2D eigenvalue weighted by atomic mass is 10.3. The maximum Gasteiger partial charge on any atom is 0.266 e. The lowest BCUT2D eigenvalue weighted by Gasteiger charge is -1.90. The van der Waals surface area contributed by atoms with Crippen LogP contribution in [0.1, 0.15) is 12.8 Å². The summed E-state index contributed by atoms with van der Waals surface area (Å²) in [7, 11) is 0. The van der Waals surface area contributed by atoms with E-state index in [1.165, 1.54) is 0 Å². The molecule has 2 aromatic heterocycles. The predicted molar refractivity (Wildman–Crippen MR) is 46.9 cm³/mol. The van der Waals surface area contributed by atoms with E-state index in [2.05, 4.69) is 15.2 Å². The number of hydrogen-bond acceptors (Lipinski definition) is 4. The number of aromatic nitrogens is 3. The molecule has 0 saturated heterocycles. The molecule has 2 rings (SSSR count). The minimum absolute atomic E-state index is 0.484. The SMILES string of the molecule is CCc1nnc(-c2ccccn2)o1. The van der Waals surface area contributed by atoms with Crippen LogP contribution in [0, 0.1) is 0 Å². The molecule has 0 N–H and O–H groups in total. The Morgan fingerprint density at radius 2 is 2.23 bits per heavy atom. The van der Waals surface area contributed by atoms with Crippen molar-refractivity contribution >= 4 is 0 Å². The topological polar surface area (TPSA) is 51.8 Å². The zero-order valence-electron chi connectivity index (χ0n) is 7.27. The van der Waals surface area contributed by atoms with Gasteiger partial charge in [-0.2, -0.15) is 0 Å². The molecule has 4 nitrogen and oxygen atoms in total. The summed E-state index contributed by atoms with van der Waals surface area (Å²) in [5.41, 5.74) is 0.717. The van der Waals surface area contributed by atoms with Gasteiger partial charge in [-0.3, -0.25) is 4.98 Å². The normalized spacial score (nSPS) is 10.2. The molecule has 0 aliphatic carbocycles. The maximum absolute atomic E-state index is 5.33. The molecule has 4 heteroatoms. The first-order valence-corrected chi connectivity index (χ1v) is 4.14. The van der Waals surface area contributed by atoms with Crippen LogP contribution in [0.2, 0.25) is 0 Å². The third kappa shape index (κ3) is 1.56. The molecule has 0 atom stereocenters. The van der Waals surface area contributed by atoms with Crippen LogP contribution in [0.5, 0.6) is 0 Å². The van der Waals surface area contributed by atoms with Crippen LogP contribution in [-0.2, 0) is 6.42 Å². The summed E-state index contributed by atoms with van der Waals surface area (Å²) >= 11 is 0. The van der Waals surface area contributed by atoms with Gasteiger partial charge in [0, 0.05) is 12.6 Å². The molecule has 0 aliphatic rings. The Bertz CT molecular complexity index is 383. The average molecular weight is 175 g/mol. The highest BCUT2D eigenvalue weighted by molar-refractivity contribution is 5.44. The molecule has 0 saturated carbocycles. The Morgan fingerprint density at radius 1 is 1.31 bits per heavy atom. The second-order valence-corrected chi connectivity index (χ2v) is 2.57. The van der Waals surface area contributed by atoms with Crippen molar-refractivity contribution < 1.29 is 4.42 Å². The van der Waals surface area contributed by atoms with Crippen molar-refractivity contribution in [3.8, 4) is 11.6 Å². The molecule has 0 aromatic carbocycles. The Labute approximate surface area is 75.6 Å². The lowest BCUT2D eigenvalue weighted by molar-refractivity contribution is 0.511. The third-order valence-corrected chi connectivity index (χ3v) is 1.65. The summed E-state index contributed by atoms with van der Waals surface area (Å²) in [5, 5.41) is 7.73. The number of hydrogen-bond donors (Lipinski definition) is 0.